The molecule has 1 aromatic carbocycles. The summed E-state index contributed by atoms with van der Waals surface area (Å²) in [6.45, 7) is 0. The summed E-state index contributed by atoms with van der Waals surface area (Å²) in [5, 5.41) is 0. The molecule has 0 atom stereocenters. The average Bonchev–Trinajstić information content (AvgIpc) is 2.88. The van der Waals surface area contributed by atoms with Crippen molar-refractivity contribution in [3.8, 4) is 5.75 Å². The first-order valence-corrected chi connectivity index (χ1v) is 4.13. The number of carbonyl (C=O) groups is 1. The molecule has 1 fully saturated rings. The molecule has 62 valence electrons. The maximum Gasteiger partial charge on any atom is 0.314 e. The van der Waals surface area contributed by atoms with Gasteiger partial charge in [0.2, 0.25) is 0 Å². The Labute approximate surface area is 71.2 Å². The van der Waals surface area contributed by atoms with Crippen LogP contribution in [0.25, 0.3) is 0 Å². The fraction of sp³-hybridized carbons (Fsp3) is 0.300. The molecule has 1 aliphatic rings. The minimum absolute atomic E-state index is 0.0822. The van der Waals surface area contributed by atoms with E-state index in [1.807, 2.05) is 18.2 Å². The van der Waals surface area contributed by atoms with Crippen molar-refractivity contribution in [3.63, 3.8) is 0 Å². The molecule has 2 rings (SSSR count). The van der Waals surface area contributed by atoms with E-state index in [2.05, 4.69) is 0 Å². The number of para-hydroxylation sites is 1. The van der Waals surface area contributed by atoms with E-state index in [4.69, 9.17) is 4.74 Å². The fourth-order valence-electron chi connectivity index (χ4n) is 1.01. The number of esters is 1. The predicted molar refractivity (Wildman–Crippen MR) is 44.8 cm³/mol. The highest BCUT2D eigenvalue weighted by atomic mass is 16.5. The molecular weight excluding hydrogens is 152 g/mol. The average molecular weight is 162 g/mol. The number of hydrogen-bond donors (Lipinski definition) is 0. The number of hydrogen-bond acceptors (Lipinski definition) is 2. The molecule has 0 unspecified atom stereocenters. The summed E-state index contributed by atoms with van der Waals surface area (Å²) >= 11 is 0. The SMILES string of the molecule is O=C(Oc1ccccc1)C1CC1. The Balaban J connectivity index is 1.98. The van der Waals surface area contributed by atoms with E-state index in [9.17, 15) is 4.79 Å². The zero-order valence-electron chi connectivity index (χ0n) is 6.69. The zero-order valence-corrected chi connectivity index (χ0v) is 6.69. The molecule has 1 saturated carbocycles. The van der Waals surface area contributed by atoms with E-state index in [1.165, 1.54) is 0 Å². The van der Waals surface area contributed by atoms with Crippen molar-refractivity contribution in [1.29, 1.82) is 0 Å². The van der Waals surface area contributed by atoms with Crippen molar-refractivity contribution in [2.75, 3.05) is 0 Å². The molecule has 1 aromatic rings. The second kappa shape index (κ2) is 2.97. The van der Waals surface area contributed by atoms with Gasteiger partial charge in [-0.25, -0.2) is 0 Å². The van der Waals surface area contributed by atoms with Crippen LogP contribution in [0.4, 0.5) is 0 Å². The summed E-state index contributed by atoms with van der Waals surface area (Å²) in [5.74, 6) is 0.737. The molecule has 2 heteroatoms. The monoisotopic (exact) mass is 162 g/mol. The highest BCUT2D eigenvalue weighted by Crippen LogP contribution is 2.30. The van der Waals surface area contributed by atoms with E-state index in [0.717, 1.165) is 12.8 Å². The van der Waals surface area contributed by atoms with Crippen LogP contribution in [0.1, 0.15) is 12.8 Å². The highest BCUT2D eigenvalue weighted by Gasteiger charge is 2.31. The summed E-state index contributed by atoms with van der Waals surface area (Å²) < 4.78 is 5.10. The molecule has 0 saturated heterocycles. The van der Waals surface area contributed by atoms with Crippen LogP contribution < -0.4 is 4.74 Å². The van der Waals surface area contributed by atoms with Crippen LogP contribution in [0.2, 0.25) is 0 Å². The van der Waals surface area contributed by atoms with E-state index in [-0.39, 0.29) is 11.9 Å². The van der Waals surface area contributed by atoms with Gasteiger partial charge < -0.3 is 4.74 Å². The molecule has 12 heavy (non-hydrogen) atoms. The Kier molecular flexibility index (Phi) is 1.82. The highest BCUT2D eigenvalue weighted by molar-refractivity contribution is 5.77. The normalized spacial score (nSPS) is 15.7. The van der Waals surface area contributed by atoms with Gasteiger partial charge in [0.05, 0.1) is 5.92 Å². The molecule has 0 spiro atoms. The lowest BCUT2D eigenvalue weighted by atomic mass is 10.3. The Morgan fingerprint density at radius 3 is 2.50 bits per heavy atom. The standard InChI is InChI=1S/C10H10O2/c11-10(8-6-7-8)12-9-4-2-1-3-5-9/h1-5,8H,6-7H2. The third kappa shape index (κ3) is 1.64. The minimum Gasteiger partial charge on any atom is -0.426 e. The lowest BCUT2D eigenvalue weighted by Crippen LogP contribution is -2.09. The third-order valence-electron chi connectivity index (χ3n) is 1.87. The maximum atomic E-state index is 11.2. The maximum absolute atomic E-state index is 11.2. The number of ether oxygens (including phenoxy) is 1. The molecule has 0 aliphatic heterocycles. The van der Waals surface area contributed by atoms with Gasteiger partial charge in [-0.3, -0.25) is 4.79 Å². The summed E-state index contributed by atoms with van der Waals surface area (Å²) in [4.78, 5) is 11.2. The summed E-state index contributed by atoms with van der Waals surface area (Å²) in [6.07, 6.45) is 1.98. The predicted octanol–water partition coefficient (Wildman–Crippen LogP) is 2.00. The van der Waals surface area contributed by atoms with Gasteiger partial charge in [-0.2, -0.15) is 0 Å². The van der Waals surface area contributed by atoms with E-state index < -0.39 is 0 Å². The first-order chi connectivity index (χ1) is 5.86. The van der Waals surface area contributed by atoms with Crippen molar-refractivity contribution in [1.82, 2.24) is 0 Å². The van der Waals surface area contributed by atoms with Gasteiger partial charge in [-0.05, 0) is 25.0 Å². The van der Waals surface area contributed by atoms with Crippen LogP contribution in [0.3, 0.4) is 0 Å². The van der Waals surface area contributed by atoms with Gasteiger partial charge in [0.1, 0.15) is 5.75 Å². The van der Waals surface area contributed by atoms with E-state index in [0.29, 0.717) is 5.75 Å². The first kappa shape index (κ1) is 7.35. The summed E-state index contributed by atoms with van der Waals surface area (Å²) in [7, 11) is 0. The fourth-order valence-corrected chi connectivity index (χ4v) is 1.01. The Hall–Kier alpha value is -1.31. The van der Waals surface area contributed by atoms with Crippen LogP contribution in [0, 0.1) is 5.92 Å². The van der Waals surface area contributed by atoms with Gasteiger partial charge in [0, 0.05) is 0 Å². The van der Waals surface area contributed by atoms with Crippen molar-refractivity contribution in [2.24, 2.45) is 5.92 Å². The molecule has 0 amide bonds. The lowest BCUT2D eigenvalue weighted by Gasteiger charge is -2.00. The summed E-state index contributed by atoms with van der Waals surface area (Å²) in [6, 6.07) is 9.19. The summed E-state index contributed by atoms with van der Waals surface area (Å²) in [5.41, 5.74) is 0. The van der Waals surface area contributed by atoms with Crippen molar-refractivity contribution in [2.45, 2.75) is 12.8 Å². The lowest BCUT2D eigenvalue weighted by molar-refractivity contribution is -0.135. The molecule has 2 nitrogen and oxygen atoms in total. The largest absolute Gasteiger partial charge is 0.426 e. The van der Waals surface area contributed by atoms with Gasteiger partial charge >= 0.3 is 5.97 Å². The first-order valence-electron chi connectivity index (χ1n) is 4.13. The zero-order chi connectivity index (χ0) is 8.39. The van der Waals surface area contributed by atoms with E-state index in [1.54, 1.807) is 12.1 Å². The Morgan fingerprint density at radius 2 is 1.92 bits per heavy atom. The number of rotatable bonds is 2. The van der Waals surface area contributed by atoms with Crippen molar-refractivity contribution >= 4 is 5.97 Å². The third-order valence-corrected chi connectivity index (χ3v) is 1.87. The molecule has 0 radical (unpaired) electrons. The van der Waals surface area contributed by atoms with Crippen LogP contribution in [0.15, 0.2) is 30.3 Å². The smallest absolute Gasteiger partial charge is 0.314 e. The molecule has 0 aromatic heterocycles. The molecule has 1 aliphatic carbocycles. The second-order valence-electron chi connectivity index (χ2n) is 3.01. The Bertz CT molecular complexity index is 275. The molecule has 0 N–H and O–H groups in total. The van der Waals surface area contributed by atoms with Crippen LogP contribution in [0.5, 0.6) is 5.75 Å². The Morgan fingerprint density at radius 1 is 1.25 bits per heavy atom. The molecular formula is C10H10O2. The van der Waals surface area contributed by atoms with Gasteiger partial charge in [0.25, 0.3) is 0 Å². The van der Waals surface area contributed by atoms with Crippen LogP contribution in [-0.2, 0) is 4.79 Å². The van der Waals surface area contributed by atoms with Gasteiger partial charge in [-0.15, -0.1) is 0 Å². The second-order valence-corrected chi connectivity index (χ2v) is 3.01. The number of carbonyl (C=O) groups excluding carboxylic acids is 1. The minimum atomic E-state index is -0.0822. The van der Waals surface area contributed by atoms with Crippen molar-refractivity contribution in [3.05, 3.63) is 30.3 Å². The van der Waals surface area contributed by atoms with E-state index >= 15 is 0 Å². The molecule has 0 heterocycles. The van der Waals surface area contributed by atoms with Crippen molar-refractivity contribution < 1.29 is 9.53 Å². The molecule has 0 bridgehead atoms. The van der Waals surface area contributed by atoms with Gasteiger partial charge in [0.15, 0.2) is 0 Å². The topological polar surface area (TPSA) is 26.3 Å². The van der Waals surface area contributed by atoms with Crippen LogP contribution in [-0.4, -0.2) is 5.97 Å². The van der Waals surface area contributed by atoms with Crippen LogP contribution >= 0.6 is 0 Å². The quantitative estimate of drug-likeness (QED) is 0.491. The number of benzene rings is 1. The van der Waals surface area contributed by atoms with Gasteiger partial charge in [-0.1, -0.05) is 18.2 Å².